The van der Waals surface area contributed by atoms with Crippen molar-refractivity contribution in [3.05, 3.63) is 0 Å². The summed E-state index contributed by atoms with van der Waals surface area (Å²) in [7, 11) is -3.14. The highest BCUT2D eigenvalue weighted by Gasteiger charge is 2.63. The lowest BCUT2D eigenvalue weighted by molar-refractivity contribution is -0.214. The predicted octanol–water partition coefficient (Wildman–Crippen LogP) is 4.31. The summed E-state index contributed by atoms with van der Waals surface area (Å²) >= 11 is 0. The first-order chi connectivity index (χ1) is 10.9. The van der Waals surface area contributed by atoms with Crippen molar-refractivity contribution in [2.75, 3.05) is 26.4 Å². The van der Waals surface area contributed by atoms with E-state index in [2.05, 4.69) is 13.8 Å². The average molecular weight is 351 g/mol. The van der Waals surface area contributed by atoms with Gasteiger partial charge in [0.25, 0.3) is 0 Å². The van der Waals surface area contributed by atoms with Gasteiger partial charge in [-0.05, 0) is 53.9 Å². The summed E-state index contributed by atoms with van der Waals surface area (Å²) in [6.07, 6.45) is 2.26. The van der Waals surface area contributed by atoms with Crippen LogP contribution in [-0.2, 0) is 22.8 Å². The van der Waals surface area contributed by atoms with Crippen LogP contribution in [0.5, 0.6) is 0 Å². The van der Waals surface area contributed by atoms with Crippen molar-refractivity contribution in [1.82, 2.24) is 0 Å². The van der Waals surface area contributed by atoms with E-state index in [1.54, 1.807) is 0 Å². The first kappa shape index (κ1) is 23.0. The molecule has 0 saturated heterocycles. The third-order valence-electron chi connectivity index (χ3n) is 4.23. The lowest BCUT2D eigenvalue weighted by atomic mass is 10.2. The molecule has 0 bridgehead atoms. The molecule has 1 atom stereocenters. The van der Waals surface area contributed by atoms with Crippen LogP contribution in [0.2, 0.25) is 0 Å². The predicted molar refractivity (Wildman–Crippen MR) is 95.4 cm³/mol. The first-order valence-corrected chi connectivity index (χ1v) is 10.9. The van der Waals surface area contributed by atoms with Crippen LogP contribution in [0.1, 0.15) is 74.7 Å². The molecule has 0 amide bonds. The second kappa shape index (κ2) is 10.8. The van der Waals surface area contributed by atoms with E-state index in [-0.39, 0.29) is 0 Å². The molecule has 5 nitrogen and oxygen atoms in total. The summed E-state index contributed by atoms with van der Waals surface area (Å²) < 4.78 is 31.0. The normalized spacial score (nSPS) is 15.7. The Labute approximate surface area is 144 Å². The highest BCUT2D eigenvalue weighted by atomic mass is 28.4. The highest BCUT2D eigenvalue weighted by molar-refractivity contribution is 6.64. The molecular weight excluding hydrogens is 312 g/mol. The van der Waals surface area contributed by atoms with Crippen LogP contribution in [0.3, 0.4) is 0 Å². The van der Waals surface area contributed by atoms with Crippen LogP contribution < -0.4 is 0 Å². The molecule has 0 saturated carbocycles. The molecule has 0 aromatic carbocycles. The van der Waals surface area contributed by atoms with Crippen molar-refractivity contribution in [1.29, 1.82) is 0 Å². The summed E-state index contributed by atoms with van der Waals surface area (Å²) in [5.74, 6) is -0.738. The lowest BCUT2D eigenvalue weighted by Gasteiger charge is -2.47. The summed E-state index contributed by atoms with van der Waals surface area (Å²) in [5, 5.41) is -0.554. The van der Waals surface area contributed by atoms with Gasteiger partial charge < -0.3 is 22.8 Å². The fourth-order valence-corrected chi connectivity index (χ4v) is 6.51. The Balaban J connectivity index is 5.94. The summed E-state index contributed by atoms with van der Waals surface area (Å²) in [4.78, 5) is 0. The Kier molecular flexibility index (Phi) is 10.8. The standard InChI is InChI=1S/C17H38O5Si/c1-9-16(8,18-12-4)22-23(20-14-6,21-15-7)17(10-2,11-3)19-13-5/h9-15H2,1-8H3. The van der Waals surface area contributed by atoms with E-state index in [0.29, 0.717) is 32.8 Å². The third kappa shape index (κ3) is 5.51. The molecule has 0 spiro atoms. The SMILES string of the molecule is CCOC(C)(CC)O[Si](OCC)(OCC)C(CC)(CC)OCC. The van der Waals surface area contributed by atoms with Gasteiger partial charge in [0.1, 0.15) is 5.22 Å². The quantitative estimate of drug-likeness (QED) is 0.345. The number of hydrogen-bond donors (Lipinski definition) is 0. The molecule has 140 valence electrons. The van der Waals surface area contributed by atoms with Gasteiger partial charge in [0, 0.05) is 26.4 Å². The topological polar surface area (TPSA) is 46.2 Å². The molecule has 0 rings (SSSR count). The van der Waals surface area contributed by atoms with Crippen molar-refractivity contribution < 1.29 is 22.8 Å². The van der Waals surface area contributed by atoms with Gasteiger partial charge in [0.15, 0.2) is 5.79 Å². The maximum atomic E-state index is 6.54. The van der Waals surface area contributed by atoms with Gasteiger partial charge in [0.05, 0.1) is 0 Å². The molecule has 0 fully saturated rings. The molecule has 0 radical (unpaired) electrons. The zero-order chi connectivity index (χ0) is 18.0. The number of ether oxygens (including phenoxy) is 2. The van der Waals surface area contributed by atoms with Gasteiger partial charge in [-0.15, -0.1) is 0 Å². The Morgan fingerprint density at radius 3 is 1.43 bits per heavy atom. The molecule has 1 unspecified atom stereocenters. The van der Waals surface area contributed by atoms with Crippen LogP contribution in [0.15, 0.2) is 0 Å². The van der Waals surface area contributed by atoms with Crippen LogP contribution in [-0.4, -0.2) is 46.2 Å². The van der Waals surface area contributed by atoms with Crippen LogP contribution in [0.4, 0.5) is 0 Å². The average Bonchev–Trinajstić information content (AvgIpc) is 2.53. The zero-order valence-corrected chi connectivity index (χ0v) is 17.5. The number of hydrogen-bond acceptors (Lipinski definition) is 5. The van der Waals surface area contributed by atoms with Crippen LogP contribution in [0, 0.1) is 0 Å². The zero-order valence-electron chi connectivity index (χ0n) is 16.5. The molecule has 6 heteroatoms. The molecule has 0 aromatic rings. The van der Waals surface area contributed by atoms with E-state index < -0.39 is 19.8 Å². The molecule has 0 aliphatic rings. The molecule has 0 aromatic heterocycles. The number of rotatable bonds is 14. The molecule has 0 N–H and O–H groups in total. The monoisotopic (exact) mass is 350 g/mol. The molecule has 0 heterocycles. The smallest absolute Gasteiger partial charge is 0.372 e. The van der Waals surface area contributed by atoms with Crippen molar-refractivity contribution in [3.8, 4) is 0 Å². The Bertz CT molecular complexity index is 303. The van der Waals surface area contributed by atoms with Gasteiger partial charge in [-0.1, -0.05) is 20.8 Å². The van der Waals surface area contributed by atoms with Crippen molar-refractivity contribution >= 4 is 8.80 Å². The second-order valence-corrected chi connectivity index (χ2v) is 8.38. The third-order valence-corrected chi connectivity index (χ3v) is 8.24. The largest absolute Gasteiger partial charge is 0.536 e. The van der Waals surface area contributed by atoms with Crippen molar-refractivity contribution in [3.63, 3.8) is 0 Å². The van der Waals surface area contributed by atoms with Crippen LogP contribution >= 0.6 is 0 Å². The Morgan fingerprint density at radius 2 is 1.13 bits per heavy atom. The molecule has 23 heavy (non-hydrogen) atoms. The summed E-state index contributed by atoms with van der Waals surface area (Å²) in [6.45, 7) is 18.3. The molecular formula is C17H38O5Si. The summed E-state index contributed by atoms with van der Waals surface area (Å²) in [5.41, 5.74) is 0. The van der Waals surface area contributed by atoms with Gasteiger partial charge in [-0.3, -0.25) is 0 Å². The van der Waals surface area contributed by atoms with Crippen molar-refractivity contribution in [2.45, 2.75) is 85.7 Å². The molecule has 0 aliphatic heterocycles. The van der Waals surface area contributed by atoms with E-state index in [4.69, 9.17) is 22.8 Å². The highest BCUT2D eigenvalue weighted by Crippen LogP contribution is 2.38. The van der Waals surface area contributed by atoms with Crippen LogP contribution in [0.25, 0.3) is 0 Å². The van der Waals surface area contributed by atoms with E-state index in [1.165, 1.54) is 0 Å². The lowest BCUT2D eigenvalue weighted by Crippen LogP contribution is -2.69. The minimum Gasteiger partial charge on any atom is -0.372 e. The Morgan fingerprint density at radius 1 is 0.652 bits per heavy atom. The van der Waals surface area contributed by atoms with Gasteiger partial charge in [-0.2, -0.15) is 0 Å². The second-order valence-electron chi connectivity index (χ2n) is 5.58. The fourth-order valence-electron chi connectivity index (χ4n) is 2.88. The first-order valence-electron chi connectivity index (χ1n) is 9.14. The maximum absolute atomic E-state index is 6.54. The minimum atomic E-state index is -3.14. The maximum Gasteiger partial charge on any atom is 0.536 e. The molecule has 0 aliphatic carbocycles. The summed E-state index contributed by atoms with van der Waals surface area (Å²) in [6, 6.07) is 0. The van der Waals surface area contributed by atoms with E-state index in [0.717, 1.165) is 12.8 Å². The van der Waals surface area contributed by atoms with E-state index in [9.17, 15) is 0 Å². The van der Waals surface area contributed by atoms with E-state index in [1.807, 2.05) is 41.5 Å². The van der Waals surface area contributed by atoms with Gasteiger partial charge in [0.2, 0.25) is 0 Å². The Hall–Kier alpha value is 0.0169. The minimum absolute atomic E-state index is 0.521. The fraction of sp³-hybridized carbons (Fsp3) is 1.00. The van der Waals surface area contributed by atoms with Gasteiger partial charge >= 0.3 is 8.80 Å². The van der Waals surface area contributed by atoms with Gasteiger partial charge in [-0.25, -0.2) is 0 Å². The van der Waals surface area contributed by atoms with E-state index >= 15 is 0 Å². The van der Waals surface area contributed by atoms with Crippen molar-refractivity contribution in [2.24, 2.45) is 0 Å².